The molecule has 0 aliphatic carbocycles. The molecule has 1 aliphatic rings. The van der Waals surface area contributed by atoms with E-state index in [-0.39, 0.29) is 0 Å². The van der Waals surface area contributed by atoms with Crippen LogP contribution in [-0.2, 0) is 0 Å². The Balaban J connectivity index is 2.24. The maximum Gasteiger partial charge on any atom is 0.103 e. The van der Waals surface area contributed by atoms with Crippen LogP contribution in [0.1, 0.15) is 18.4 Å². The monoisotopic (exact) mass is 275 g/mol. The molecule has 1 saturated heterocycles. The highest BCUT2D eigenvalue weighted by Crippen LogP contribution is 2.31. The molecular weight excluding hydrogens is 254 g/mol. The second kappa shape index (κ2) is 6.31. The molecule has 4 heteroatoms. The summed E-state index contributed by atoms with van der Waals surface area (Å²) in [6.45, 7) is 2.28. The summed E-state index contributed by atoms with van der Waals surface area (Å²) in [5.74, 6) is 0. The number of rotatable bonds is 3. The zero-order valence-electron chi connectivity index (χ0n) is 11.9. The molecule has 0 atom stereocenters. The molecule has 0 N–H and O–H groups in total. The van der Waals surface area contributed by atoms with Crippen LogP contribution in [0.5, 0.6) is 0 Å². The third-order valence-corrected chi connectivity index (χ3v) is 4.73. The van der Waals surface area contributed by atoms with E-state index in [9.17, 15) is 5.26 Å². The molecule has 0 saturated carbocycles. The molecular formula is C15H21N3S. The fourth-order valence-corrected chi connectivity index (χ4v) is 3.24. The molecule has 1 aromatic rings. The Labute approximate surface area is 120 Å². The quantitative estimate of drug-likeness (QED) is 0.794. The predicted octanol–water partition coefficient (Wildman–Crippen LogP) is 2.81. The number of nitriles is 1. The van der Waals surface area contributed by atoms with Gasteiger partial charge in [0.15, 0.2) is 0 Å². The Hall–Kier alpha value is -1.18. The highest BCUT2D eigenvalue weighted by Gasteiger charge is 2.23. The molecule has 19 heavy (non-hydrogen) atoms. The van der Waals surface area contributed by atoms with Gasteiger partial charge in [-0.05, 0) is 51.4 Å². The van der Waals surface area contributed by atoms with E-state index in [1.54, 1.807) is 11.8 Å². The second-order valence-corrected chi connectivity index (χ2v) is 5.96. The van der Waals surface area contributed by atoms with E-state index in [1.807, 2.05) is 18.4 Å². The van der Waals surface area contributed by atoms with E-state index < -0.39 is 0 Å². The summed E-state index contributed by atoms with van der Waals surface area (Å²) in [4.78, 5) is 5.74. The van der Waals surface area contributed by atoms with Crippen molar-refractivity contribution in [1.82, 2.24) is 4.90 Å². The normalized spacial score (nSPS) is 17.2. The van der Waals surface area contributed by atoms with E-state index in [0.717, 1.165) is 29.2 Å². The van der Waals surface area contributed by atoms with Gasteiger partial charge in [-0.2, -0.15) is 5.26 Å². The number of hydrogen-bond acceptors (Lipinski definition) is 4. The number of piperidine rings is 1. The molecule has 0 radical (unpaired) electrons. The zero-order chi connectivity index (χ0) is 13.8. The standard InChI is InChI=1S/C15H21N3S/c1-17-9-7-12(8-10-17)18(2)14-5-4-6-15(19-3)13(14)11-16/h4-6,12H,7-10H2,1-3H3. The predicted molar refractivity (Wildman–Crippen MR) is 81.9 cm³/mol. The van der Waals surface area contributed by atoms with Crippen LogP contribution in [0.4, 0.5) is 5.69 Å². The number of nitrogens with zero attached hydrogens (tertiary/aromatic N) is 3. The Morgan fingerprint density at radius 3 is 2.63 bits per heavy atom. The van der Waals surface area contributed by atoms with Gasteiger partial charge >= 0.3 is 0 Å². The van der Waals surface area contributed by atoms with Gasteiger partial charge in [0.25, 0.3) is 0 Å². The molecule has 0 bridgehead atoms. The second-order valence-electron chi connectivity index (χ2n) is 5.11. The van der Waals surface area contributed by atoms with Gasteiger partial charge in [-0.1, -0.05) is 6.07 Å². The topological polar surface area (TPSA) is 30.3 Å². The van der Waals surface area contributed by atoms with Crippen LogP contribution in [0, 0.1) is 11.3 Å². The van der Waals surface area contributed by atoms with Crippen molar-refractivity contribution in [3.8, 4) is 6.07 Å². The maximum atomic E-state index is 9.42. The van der Waals surface area contributed by atoms with Crippen molar-refractivity contribution in [1.29, 1.82) is 5.26 Å². The van der Waals surface area contributed by atoms with Crippen LogP contribution in [-0.4, -0.2) is 44.4 Å². The summed E-state index contributed by atoms with van der Waals surface area (Å²) in [6, 6.07) is 9.05. The highest BCUT2D eigenvalue weighted by molar-refractivity contribution is 7.98. The van der Waals surface area contributed by atoms with E-state index in [1.165, 1.54) is 12.8 Å². The molecule has 1 aliphatic heterocycles. The largest absolute Gasteiger partial charge is 0.370 e. The molecule has 0 amide bonds. The van der Waals surface area contributed by atoms with Gasteiger partial charge in [-0.25, -0.2) is 0 Å². The van der Waals surface area contributed by atoms with Crippen molar-refractivity contribution in [3.05, 3.63) is 23.8 Å². The van der Waals surface area contributed by atoms with Gasteiger partial charge in [0.1, 0.15) is 6.07 Å². The van der Waals surface area contributed by atoms with Crippen molar-refractivity contribution in [2.45, 2.75) is 23.8 Å². The fourth-order valence-electron chi connectivity index (χ4n) is 2.67. The maximum absolute atomic E-state index is 9.42. The summed E-state index contributed by atoms with van der Waals surface area (Å²) >= 11 is 1.64. The molecule has 0 unspecified atom stereocenters. The summed E-state index contributed by atoms with van der Waals surface area (Å²) in [7, 11) is 4.29. The Kier molecular flexibility index (Phi) is 4.73. The van der Waals surface area contributed by atoms with Gasteiger partial charge < -0.3 is 9.80 Å². The summed E-state index contributed by atoms with van der Waals surface area (Å²) < 4.78 is 0. The smallest absolute Gasteiger partial charge is 0.103 e. The van der Waals surface area contributed by atoms with Crippen LogP contribution < -0.4 is 4.90 Å². The number of likely N-dealkylation sites (tertiary alicyclic amines) is 1. The Morgan fingerprint density at radius 1 is 1.37 bits per heavy atom. The van der Waals surface area contributed by atoms with E-state index >= 15 is 0 Å². The average molecular weight is 275 g/mol. The number of benzene rings is 1. The minimum Gasteiger partial charge on any atom is -0.370 e. The molecule has 102 valence electrons. The SMILES string of the molecule is CSc1cccc(N(C)C2CCN(C)CC2)c1C#N. The first-order valence-electron chi connectivity index (χ1n) is 6.66. The van der Waals surface area contributed by atoms with Gasteiger partial charge in [0.2, 0.25) is 0 Å². The lowest BCUT2D eigenvalue weighted by atomic mass is 10.0. The van der Waals surface area contributed by atoms with Gasteiger partial charge in [-0.3, -0.25) is 0 Å². The summed E-state index contributed by atoms with van der Waals surface area (Å²) in [6.07, 6.45) is 4.36. The van der Waals surface area contributed by atoms with Crippen LogP contribution in [0.3, 0.4) is 0 Å². The van der Waals surface area contributed by atoms with Crippen LogP contribution in [0.15, 0.2) is 23.1 Å². The Morgan fingerprint density at radius 2 is 2.05 bits per heavy atom. The number of thioether (sulfide) groups is 1. The third kappa shape index (κ3) is 3.05. The first kappa shape index (κ1) is 14.2. The highest BCUT2D eigenvalue weighted by atomic mass is 32.2. The van der Waals surface area contributed by atoms with E-state index in [2.05, 4.69) is 36.0 Å². The molecule has 0 spiro atoms. The van der Waals surface area contributed by atoms with Crippen LogP contribution in [0.25, 0.3) is 0 Å². The number of anilines is 1. The minimum atomic E-state index is 0.542. The Bertz CT molecular complexity index is 473. The van der Waals surface area contributed by atoms with Gasteiger partial charge in [0, 0.05) is 18.0 Å². The van der Waals surface area contributed by atoms with Crippen molar-refractivity contribution in [2.75, 3.05) is 38.3 Å². The molecule has 0 aromatic heterocycles. The molecule has 1 heterocycles. The van der Waals surface area contributed by atoms with Crippen molar-refractivity contribution in [3.63, 3.8) is 0 Å². The van der Waals surface area contributed by atoms with Crippen LogP contribution in [0.2, 0.25) is 0 Å². The first-order valence-corrected chi connectivity index (χ1v) is 7.88. The molecule has 2 rings (SSSR count). The molecule has 1 fully saturated rings. The van der Waals surface area contributed by atoms with Crippen molar-refractivity contribution in [2.24, 2.45) is 0 Å². The lowest BCUT2D eigenvalue weighted by molar-refractivity contribution is 0.253. The number of hydrogen-bond donors (Lipinski definition) is 0. The van der Waals surface area contributed by atoms with Crippen molar-refractivity contribution < 1.29 is 0 Å². The summed E-state index contributed by atoms with van der Waals surface area (Å²) in [5, 5.41) is 9.42. The fraction of sp³-hybridized carbons (Fsp3) is 0.533. The minimum absolute atomic E-state index is 0.542. The first-order chi connectivity index (χ1) is 9.17. The third-order valence-electron chi connectivity index (χ3n) is 3.95. The summed E-state index contributed by atoms with van der Waals surface area (Å²) in [5.41, 5.74) is 1.89. The van der Waals surface area contributed by atoms with Gasteiger partial charge in [-0.15, -0.1) is 11.8 Å². The molecule has 1 aromatic carbocycles. The van der Waals surface area contributed by atoms with E-state index in [4.69, 9.17) is 0 Å². The van der Waals surface area contributed by atoms with Crippen LogP contribution >= 0.6 is 11.8 Å². The average Bonchev–Trinajstić information content (AvgIpc) is 2.46. The lowest BCUT2D eigenvalue weighted by Gasteiger charge is -2.36. The zero-order valence-corrected chi connectivity index (χ0v) is 12.7. The van der Waals surface area contributed by atoms with Crippen molar-refractivity contribution >= 4 is 17.4 Å². The molecule has 3 nitrogen and oxygen atoms in total. The van der Waals surface area contributed by atoms with E-state index in [0.29, 0.717) is 6.04 Å². The van der Waals surface area contributed by atoms with Gasteiger partial charge in [0.05, 0.1) is 11.3 Å². The lowest BCUT2D eigenvalue weighted by Crippen LogP contribution is -2.42.